The highest BCUT2D eigenvalue weighted by Crippen LogP contribution is 2.21. The van der Waals surface area contributed by atoms with E-state index in [-0.39, 0.29) is 11.3 Å². The van der Waals surface area contributed by atoms with Gasteiger partial charge in [0.2, 0.25) is 0 Å². The van der Waals surface area contributed by atoms with Gasteiger partial charge in [-0.2, -0.15) is 0 Å². The number of thiazole rings is 1. The number of carbonyl (C=O) groups excluding carboxylic acids is 1. The van der Waals surface area contributed by atoms with E-state index in [0.29, 0.717) is 18.5 Å². The van der Waals surface area contributed by atoms with Gasteiger partial charge < -0.3 is 4.57 Å². The summed E-state index contributed by atoms with van der Waals surface area (Å²) in [7, 11) is 0. The summed E-state index contributed by atoms with van der Waals surface area (Å²) in [6, 6.07) is 3.17. The summed E-state index contributed by atoms with van der Waals surface area (Å²) in [4.78, 5) is 29.2. The summed E-state index contributed by atoms with van der Waals surface area (Å²) in [5.41, 5.74) is 1.56. The molecule has 0 spiro atoms. The van der Waals surface area contributed by atoms with E-state index in [0.717, 1.165) is 28.4 Å². The molecule has 19 heavy (non-hydrogen) atoms. The number of Topliss-reactive ketones (excluding diaryl/α,β-unsaturated/α-hetero) is 1. The third-order valence-corrected chi connectivity index (χ3v) is 4.29. The maximum Gasteiger partial charge on any atom is 0.251 e. The Hall–Kier alpha value is -1.75. The largest absolute Gasteiger partial charge is 0.307 e. The summed E-state index contributed by atoms with van der Waals surface area (Å²) in [6.45, 7) is 2.46. The lowest BCUT2D eigenvalue weighted by Crippen LogP contribution is -2.28. The van der Waals surface area contributed by atoms with Gasteiger partial charge in [-0.15, -0.1) is 11.3 Å². The molecule has 0 fully saturated rings. The van der Waals surface area contributed by atoms with Crippen LogP contribution in [0.5, 0.6) is 0 Å². The predicted molar refractivity (Wildman–Crippen MR) is 73.9 cm³/mol. The maximum atomic E-state index is 12.0. The first kappa shape index (κ1) is 12.3. The molecule has 0 amide bonds. The van der Waals surface area contributed by atoms with Crippen molar-refractivity contribution in [1.82, 2.24) is 9.55 Å². The quantitative estimate of drug-likeness (QED) is 0.843. The van der Waals surface area contributed by atoms with Crippen LogP contribution < -0.4 is 5.56 Å². The Kier molecular flexibility index (Phi) is 3.06. The van der Waals surface area contributed by atoms with Crippen molar-refractivity contribution in [3.63, 3.8) is 0 Å². The van der Waals surface area contributed by atoms with Crippen molar-refractivity contribution in [2.45, 2.75) is 32.7 Å². The van der Waals surface area contributed by atoms with Crippen LogP contribution in [0.15, 0.2) is 23.1 Å². The monoisotopic (exact) mass is 274 g/mol. The van der Waals surface area contributed by atoms with Gasteiger partial charge in [0.05, 0.1) is 11.6 Å². The Morgan fingerprint density at radius 3 is 2.89 bits per heavy atom. The first-order valence-corrected chi connectivity index (χ1v) is 7.14. The van der Waals surface area contributed by atoms with Crippen LogP contribution in [-0.2, 0) is 13.0 Å². The van der Waals surface area contributed by atoms with Crippen LogP contribution in [0, 0.1) is 6.92 Å². The third kappa shape index (κ3) is 2.26. The highest BCUT2D eigenvalue weighted by Gasteiger charge is 2.20. The normalized spacial score (nSPS) is 14.5. The number of rotatable bonds is 2. The minimum absolute atomic E-state index is 0.0421. The maximum absolute atomic E-state index is 12.0. The van der Waals surface area contributed by atoms with E-state index < -0.39 is 0 Å². The molecule has 0 unspecified atom stereocenters. The lowest BCUT2D eigenvalue weighted by atomic mass is 9.94. The summed E-state index contributed by atoms with van der Waals surface area (Å²) in [6.07, 6.45) is 4.02. The average molecular weight is 274 g/mol. The van der Waals surface area contributed by atoms with Crippen LogP contribution in [0.4, 0.5) is 0 Å². The van der Waals surface area contributed by atoms with Crippen LogP contribution in [0.2, 0.25) is 0 Å². The van der Waals surface area contributed by atoms with E-state index >= 15 is 0 Å². The zero-order valence-corrected chi connectivity index (χ0v) is 11.5. The van der Waals surface area contributed by atoms with Gasteiger partial charge in [0.1, 0.15) is 0 Å². The van der Waals surface area contributed by atoms with E-state index in [9.17, 15) is 9.59 Å². The Morgan fingerprint density at radius 1 is 1.32 bits per heavy atom. The minimum atomic E-state index is -0.0421. The van der Waals surface area contributed by atoms with Crippen LogP contribution >= 0.6 is 11.3 Å². The van der Waals surface area contributed by atoms with Gasteiger partial charge in [-0.25, -0.2) is 4.98 Å². The minimum Gasteiger partial charge on any atom is -0.307 e. The second-order valence-corrected chi connectivity index (χ2v) is 6.06. The van der Waals surface area contributed by atoms with Crippen molar-refractivity contribution in [2.24, 2.45) is 0 Å². The zero-order valence-electron chi connectivity index (χ0n) is 10.7. The van der Waals surface area contributed by atoms with Gasteiger partial charge in [-0.1, -0.05) is 0 Å². The molecular weight excluding hydrogens is 260 g/mol. The predicted octanol–water partition coefficient (Wildman–Crippen LogP) is 2.18. The van der Waals surface area contributed by atoms with Crippen molar-refractivity contribution >= 4 is 17.1 Å². The molecule has 0 radical (unpaired) electrons. The Labute approximate surface area is 114 Å². The van der Waals surface area contributed by atoms with Gasteiger partial charge in [0.15, 0.2) is 5.78 Å². The van der Waals surface area contributed by atoms with Gasteiger partial charge in [-0.3, -0.25) is 9.59 Å². The molecular formula is C14H14N2O2S. The van der Waals surface area contributed by atoms with E-state index in [1.165, 1.54) is 6.07 Å². The Bertz CT molecular complexity index is 700. The molecule has 4 nitrogen and oxygen atoms in total. The molecule has 98 valence electrons. The molecule has 0 saturated heterocycles. The Balaban J connectivity index is 2.07. The average Bonchev–Trinajstić information content (AvgIpc) is 2.79. The van der Waals surface area contributed by atoms with Gasteiger partial charge in [-0.05, 0) is 25.8 Å². The van der Waals surface area contributed by atoms with Crippen LogP contribution in [0.1, 0.15) is 38.8 Å². The van der Waals surface area contributed by atoms with Crippen molar-refractivity contribution in [3.05, 3.63) is 49.8 Å². The van der Waals surface area contributed by atoms with Gasteiger partial charge >= 0.3 is 0 Å². The first-order chi connectivity index (χ1) is 9.15. The van der Waals surface area contributed by atoms with Crippen molar-refractivity contribution in [1.29, 1.82) is 0 Å². The fourth-order valence-corrected chi connectivity index (χ4v) is 3.29. The molecule has 5 heteroatoms. The molecule has 1 aliphatic rings. The van der Waals surface area contributed by atoms with Crippen LogP contribution in [-0.4, -0.2) is 15.3 Å². The van der Waals surface area contributed by atoms with Crippen LogP contribution in [0.3, 0.4) is 0 Å². The van der Waals surface area contributed by atoms with Crippen molar-refractivity contribution < 1.29 is 4.79 Å². The topological polar surface area (TPSA) is 52.0 Å². The molecule has 0 atom stereocenters. The van der Waals surface area contributed by atoms with Crippen LogP contribution in [0.25, 0.3) is 0 Å². The van der Waals surface area contributed by atoms with Gasteiger partial charge in [0, 0.05) is 34.8 Å². The molecule has 0 saturated carbocycles. The number of pyridine rings is 1. The van der Waals surface area contributed by atoms with Gasteiger partial charge in [0.25, 0.3) is 5.56 Å². The number of hydrogen-bond donors (Lipinski definition) is 0. The molecule has 0 aliphatic heterocycles. The highest BCUT2D eigenvalue weighted by molar-refractivity contribution is 7.11. The number of nitrogens with zero attached hydrogens (tertiary/aromatic N) is 2. The van der Waals surface area contributed by atoms with E-state index in [2.05, 4.69) is 4.98 Å². The molecule has 2 aromatic heterocycles. The van der Waals surface area contributed by atoms with E-state index in [4.69, 9.17) is 0 Å². The molecule has 0 aromatic carbocycles. The number of ketones is 1. The Morgan fingerprint density at radius 2 is 2.16 bits per heavy atom. The number of aryl methyl sites for hydroxylation is 1. The second kappa shape index (κ2) is 4.74. The van der Waals surface area contributed by atoms with E-state index in [1.807, 2.05) is 6.92 Å². The van der Waals surface area contributed by atoms with Crippen molar-refractivity contribution in [2.75, 3.05) is 0 Å². The second-order valence-electron chi connectivity index (χ2n) is 4.74. The summed E-state index contributed by atoms with van der Waals surface area (Å²) >= 11 is 1.59. The SMILES string of the molecule is Cc1ncc(Cn2c3c(ccc2=O)C(=O)CCC3)s1. The number of hydrogen-bond acceptors (Lipinski definition) is 4. The highest BCUT2D eigenvalue weighted by atomic mass is 32.1. The molecule has 0 N–H and O–H groups in total. The molecule has 3 rings (SSSR count). The third-order valence-electron chi connectivity index (χ3n) is 3.40. The van der Waals surface area contributed by atoms with Crippen molar-refractivity contribution in [3.8, 4) is 0 Å². The molecule has 1 aliphatic carbocycles. The molecule has 2 heterocycles. The zero-order chi connectivity index (χ0) is 13.4. The number of carbonyl (C=O) groups is 1. The lowest BCUT2D eigenvalue weighted by Gasteiger charge is -2.19. The smallest absolute Gasteiger partial charge is 0.251 e. The fourth-order valence-electron chi connectivity index (χ4n) is 2.50. The molecule has 2 aromatic rings. The lowest BCUT2D eigenvalue weighted by molar-refractivity contribution is 0.0970. The number of fused-ring (bicyclic) bond motifs is 1. The first-order valence-electron chi connectivity index (χ1n) is 6.32. The van der Waals surface area contributed by atoms with E-state index in [1.54, 1.807) is 28.2 Å². The standard InChI is InChI=1S/C14H14N2O2S/c1-9-15-7-10(19-9)8-16-12-3-2-4-13(17)11(12)5-6-14(16)18/h5-7H,2-4,8H2,1H3. The summed E-state index contributed by atoms with van der Waals surface area (Å²) in [5, 5.41) is 0.990. The number of aromatic nitrogens is 2. The molecule has 0 bridgehead atoms. The summed E-state index contributed by atoms with van der Waals surface area (Å²) < 4.78 is 1.72. The summed E-state index contributed by atoms with van der Waals surface area (Å²) in [5.74, 6) is 0.149. The fraction of sp³-hybridized carbons (Fsp3) is 0.357.